The first-order valence-corrected chi connectivity index (χ1v) is 12.3. The summed E-state index contributed by atoms with van der Waals surface area (Å²) >= 11 is 0. The van der Waals surface area contributed by atoms with E-state index in [1.54, 1.807) is 0 Å². The second kappa shape index (κ2) is 28.9. The van der Waals surface area contributed by atoms with Crippen molar-refractivity contribution in [1.82, 2.24) is 19.6 Å². The van der Waals surface area contributed by atoms with Gasteiger partial charge in [-0.3, -0.25) is 85.9 Å². The molecule has 1 aliphatic rings. The number of nitrogens with zero attached hydrogens (tertiary/aromatic N) is 4. The summed E-state index contributed by atoms with van der Waals surface area (Å²) in [5.41, 5.74) is 3.18. The van der Waals surface area contributed by atoms with Crippen LogP contribution in [0.3, 0.4) is 0 Å². The molecule has 3 aromatic carbocycles. The minimum atomic E-state index is 0. The van der Waals surface area contributed by atoms with Crippen molar-refractivity contribution < 1.29 is 178 Å². The summed E-state index contributed by atoms with van der Waals surface area (Å²) in [4.78, 5) is 21.0. The summed E-state index contributed by atoms with van der Waals surface area (Å²) in [5.74, 6) is 0. The fourth-order valence-electron chi connectivity index (χ4n) is 4.24. The van der Waals surface area contributed by atoms with E-state index in [0.29, 0.717) is 13.1 Å². The van der Waals surface area contributed by atoms with Gasteiger partial charge in [0.25, 0.3) is 0 Å². The van der Waals surface area contributed by atoms with E-state index in [2.05, 4.69) is 51.1 Å². The van der Waals surface area contributed by atoms with Crippen molar-refractivity contribution in [2.75, 3.05) is 52.4 Å². The SMILES string of the molecule is O=CN1CCN(Cc2[c-]ccc[c-]2)CCN(Cc2[c-]ccc[c-]2)CCN(Cc2[c-]ccc[c-]2)CC1.[Er].[Er].[Er].[Re].[Re].[Re]. The van der Waals surface area contributed by atoms with Gasteiger partial charge in [-0.05, 0) is 19.6 Å². The summed E-state index contributed by atoms with van der Waals surface area (Å²) in [5, 5.41) is 0. The van der Waals surface area contributed by atoms with Gasteiger partial charge in [-0.2, -0.15) is 0 Å². The summed E-state index contributed by atoms with van der Waals surface area (Å²) in [6.45, 7) is 9.03. The Morgan fingerprint density at radius 2 is 0.732 bits per heavy atom. The molecule has 0 unspecified atom stereocenters. The zero-order valence-electron chi connectivity index (χ0n) is 22.2. The van der Waals surface area contributed by atoms with E-state index >= 15 is 0 Å². The number of hydrogen-bond acceptors (Lipinski definition) is 4. The standard InChI is InChI=1S/C30H32N4O.3Er.3Re/c35-27-34-22-20-32(25-29-12-6-2-7-13-29)18-16-31(24-28-10-4-1-5-11-28)17-19-33(21-23-34)26-30-14-8-3-9-15-30;;;;;;/h1-9,27H,16-26H2;;;;;;/q-6;;;;;;. The molecule has 3 radical (unpaired) electrons. The van der Waals surface area contributed by atoms with Crippen molar-refractivity contribution in [3.63, 3.8) is 0 Å². The van der Waals surface area contributed by atoms with Gasteiger partial charge in [0.05, 0.1) is 0 Å². The van der Waals surface area contributed by atoms with Crippen LogP contribution in [0.15, 0.2) is 54.6 Å². The molecule has 0 aromatic heterocycles. The third-order valence-corrected chi connectivity index (χ3v) is 6.29. The van der Waals surface area contributed by atoms with E-state index in [9.17, 15) is 4.79 Å². The second-order valence-electron chi connectivity index (χ2n) is 8.85. The molecule has 5 nitrogen and oxygen atoms in total. The maximum absolute atomic E-state index is 11.8. The van der Waals surface area contributed by atoms with Crippen LogP contribution >= 0.6 is 0 Å². The van der Waals surface area contributed by atoms with Gasteiger partial charge in [-0.1, -0.05) is 0 Å². The van der Waals surface area contributed by atoms with Gasteiger partial charge in [0, 0.05) is 226 Å². The van der Waals surface area contributed by atoms with Crippen LogP contribution in [-0.2, 0) is 85.7 Å². The molecular formula is C30H32Er3N4ORe3-6. The van der Waals surface area contributed by atoms with Gasteiger partial charge in [0.2, 0.25) is 6.41 Å². The van der Waals surface area contributed by atoms with Gasteiger partial charge in [0.15, 0.2) is 0 Å². The number of benzene rings is 3. The van der Waals surface area contributed by atoms with Crippen molar-refractivity contribution in [2.24, 2.45) is 0 Å². The number of rotatable bonds is 7. The zero-order chi connectivity index (χ0) is 24.1. The predicted octanol–water partition coefficient (Wildman–Crippen LogP) is 2.76. The largest absolute Gasteiger partial charge is 0.354 e. The Bertz CT molecular complexity index is 956. The van der Waals surface area contributed by atoms with Crippen LogP contribution in [0.2, 0.25) is 0 Å². The molecule has 11 heteroatoms. The maximum atomic E-state index is 11.8. The zero-order valence-corrected chi connectivity index (χ0v) is 36.0. The Morgan fingerprint density at radius 3 is 0.976 bits per heavy atom. The Balaban J connectivity index is -0.00000241. The van der Waals surface area contributed by atoms with E-state index < -0.39 is 0 Å². The van der Waals surface area contributed by atoms with Crippen molar-refractivity contribution >= 4 is 6.41 Å². The summed E-state index contributed by atoms with van der Waals surface area (Å²) in [7, 11) is 0. The molecule has 0 atom stereocenters. The molecule has 0 aliphatic carbocycles. The van der Waals surface area contributed by atoms with Crippen molar-refractivity contribution in [2.45, 2.75) is 19.6 Å². The molecule has 3 aromatic rings. The van der Waals surface area contributed by atoms with Crippen LogP contribution in [-0.4, -0.2) is 78.4 Å². The third-order valence-electron chi connectivity index (χ3n) is 6.29. The molecule has 0 spiro atoms. The normalized spacial score (nSPS) is 14.9. The van der Waals surface area contributed by atoms with Crippen LogP contribution in [0.25, 0.3) is 0 Å². The van der Waals surface area contributed by atoms with Crippen LogP contribution < -0.4 is 0 Å². The van der Waals surface area contributed by atoms with Crippen LogP contribution in [0.4, 0.5) is 0 Å². The number of carbonyl (C=O) groups excluding carboxylic acids is 1. The fraction of sp³-hybridized carbons (Fsp3) is 0.367. The molecule has 1 fully saturated rings. The molecular weight excluding hydrogens is 1490 g/mol. The Morgan fingerprint density at radius 1 is 0.488 bits per heavy atom. The maximum Gasteiger partial charge on any atom is 0.209 e. The average molecular weight is 1530 g/mol. The Labute approximate surface area is 377 Å². The Hall–Kier alpha value is 2.74. The van der Waals surface area contributed by atoms with Gasteiger partial charge in [-0.25, -0.2) is 0 Å². The molecule has 0 saturated carbocycles. The van der Waals surface area contributed by atoms with Gasteiger partial charge >= 0.3 is 0 Å². The van der Waals surface area contributed by atoms with Gasteiger partial charge < -0.3 is 46.2 Å². The van der Waals surface area contributed by atoms with E-state index in [-0.39, 0.29) is 173 Å². The van der Waals surface area contributed by atoms with E-state index in [0.717, 1.165) is 82.0 Å². The molecule has 1 saturated heterocycles. The number of amides is 1. The van der Waals surface area contributed by atoms with Gasteiger partial charge in [-0.15, -0.1) is 0 Å². The average Bonchev–Trinajstić information content (AvgIpc) is 2.90. The smallest absolute Gasteiger partial charge is 0.209 e. The van der Waals surface area contributed by atoms with Crippen molar-refractivity contribution in [3.05, 3.63) is 108 Å². The van der Waals surface area contributed by atoms with Crippen LogP contribution in [0.5, 0.6) is 0 Å². The van der Waals surface area contributed by atoms with Crippen LogP contribution in [0.1, 0.15) is 16.7 Å². The molecule has 0 N–H and O–H groups in total. The number of hydrogen-bond donors (Lipinski definition) is 0. The molecule has 241 valence electrons. The first kappa shape index (κ1) is 48.1. The summed E-state index contributed by atoms with van der Waals surface area (Å²) in [6.07, 6.45) is 0.983. The molecule has 1 amide bonds. The molecule has 41 heavy (non-hydrogen) atoms. The number of carbonyl (C=O) groups is 1. The minimum absolute atomic E-state index is 0. The summed E-state index contributed by atoms with van der Waals surface area (Å²) in [6, 6.07) is 37.3. The third kappa shape index (κ3) is 19.2. The van der Waals surface area contributed by atoms with E-state index in [1.165, 1.54) is 0 Å². The van der Waals surface area contributed by atoms with Crippen molar-refractivity contribution in [3.8, 4) is 0 Å². The van der Waals surface area contributed by atoms with Crippen LogP contribution in [0, 0.1) is 148 Å². The quantitative estimate of drug-likeness (QED) is 0.270. The minimum Gasteiger partial charge on any atom is -0.354 e. The van der Waals surface area contributed by atoms with Gasteiger partial charge in [0.1, 0.15) is 0 Å². The topological polar surface area (TPSA) is 30.0 Å². The second-order valence-corrected chi connectivity index (χ2v) is 8.85. The molecule has 1 heterocycles. The Kier molecular flexibility index (Phi) is 34.0. The van der Waals surface area contributed by atoms with Crippen molar-refractivity contribution in [1.29, 1.82) is 0 Å². The first-order chi connectivity index (χ1) is 17.3. The fourth-order valence-corrected chi connectivity index (χ4v) is 4.24. The molecule has 0 bridgehead atoms. The monoisotopic (exact) mass is 1520 g/mol. The first-order valence-electron chi connectivity index (χ1n) is 12.3. The predicted molar refractivity (Wildman–Crippen MR) is 136 cm³/mol. The summed E-state index contributed by atoms with van der Waals surface area (Å²) < 4.78 is 0. The van der Waals surface area contributed by atoms with E-state index in [4.69, 9.17) is 0 Å². The van der Waals surface area contributed by atoms with E-state index in [1.807, 2.05) is 59.5 Å². The molecule has 1 aliphatic heterocycles. The molecule has 4 rings (SSSR count).